The van der Waals surface area contributed by atoms with Crippen LogP contribution in [0, 0.1) is 0 Å². The van der Waals surface area contributed by atoms with Gasteiger partial charge in [0.05, 0.1) is 18.8 Å². The molecule has 1 unspecified atom stereocenters. The van der Waals surface area contributed by atoms with E-state index in [1.807, 2.05) is 11.0 Å². The van der Waals surface area contributed by atoms with E-state index >= 15 is 0 Å². The number of fused-ring (bicyclic) bond motifs is 3. The van der Waals surface area contributed by atoms with E-state index in [-0.39, 0.29) is 43.2 Å². The van der Waals surface area contributed by atoms with Gasteiger partial charge in [0.25, 0.3) is 5.56 Å². The summed E-state index contributed by atoms with van der Waals surface area (Å²) in [6.45, 7) is 1.27. The van der Waals surface area contributed by atoms with E-state index in [4.69, 9.17) is 4.74 Å². The first-order valence-electron chi connectivity index (χ1n) is 10.1. The van der Waals surface area contributed by atoms with Gasteiger partial charge in [0.1, 0.15) is 11.9 Å². The first kappa shape index (κ1) is 19.3. The molecule has 10 heteroatoms. The van der Waals surface area contributed by atoms with Gasteiger partial charge >= 0.3 is 6.18 Å². The van der Waals surface area contributed by atoms with E-state index in [1.54, 1.807) is 18.5 Å². The van der Waals surface area contributed by atoms with E-state index in [0.29, 0.717) is 25.4 Å². The molecular weight excluding hydrogens is 399 g/mol. The summed E-state index contributed by atoms with van der Waals surface area (Å²) in [7, 11) is 0. The number of rotatable bonds is 4. The summed E-state index contributed by atoms with van der Waals surface area (Å²) in [5, 5.41) is 0. The topological polar surface area (TPSA) is 63.5 Å². The van der Waals surface area contributed by atoms with Gasteiger partial charge in [-0.25, -0.2) is 0 Å². The number of hydrogen-bond acceptors (Lipinski definition) is 6. The maximum Gasteiger partial charge on any atom is 0.408 e. The zero-order chi connectivity index (χ0) is 20.9. The van der Waals surface area contributed by atoms with Crippen molar-refractivity contribution in [2.45, 2.75) is 50.2 Å². The fraction of sp³-hybridized carbons (Fsp3) is 0.550. The third-order valence-electron chi connectivity index (χ3n) is 6.17. The van der Waals surface area contributed by atoms with Crippen LogP contribution in [0.1, 0.15) is 18.4 Å². The Morgan fingerprint density at radius 2 is 2.17 bits per heavy atom. The summed E-state index contributed by atoms with van der Waals surface area (Å²) in [5.41, 5.74) is 0.522. The minimum atomic E-state index is -4.41. The molecule has 2 aromatic rings. The Balaban J connectivity index is 1.51. The molecule has 2 bridgehead atoms. The molecule has 0 N–H and O–H groups in total. The number of halogens is 3. The second-order valence-electron chi connectivity index (χ2n) is 8.05. The minimum Gasteiger partial charge on any atom is -0.374 e. The fourth-order valence-electron chi connectivity index (χ4n) is 4.68. The average molecular weight is 421 g/mol. The molecule has 160 valence electrons. The van der Waals surface area contributed by atoms with Gasteiger partial charge in [0.15, 0.2) is 0 Å². The maximum atomic E-state index is 13.8. The highest BCUT2D eigenvalue weighted by molar-refractivity contribution is 5.49. The van der Waals surface area contributed by atoms with Crippen molar-refractivity contribution in [1.82, 2.24) is 14.5 Å². The summed E-state index contributed by atoms with van der Waals surface area (Å²) in [6.07, 6.45) is 0.0175. The van der Waals surface area contributed by atoms with Crippen molar-refractivity contribution >= 4 is 11.8 Å². The molecule has 2 aromatic heterocycles. The van der Waals surface area contributed by atoms with Crippen molar-refractivity contribution in [2.75, 3.05) is 29.5 Å². The van der Waals surface area contributed by atoms with Gasteiger partial charge in [0.2, 0.25) is 5.95 Å². The van der Waals surface area contributed by atoms with E-state index in [0.717, 1.165) is 12.0 Å². The zero-order valence-electron chi connectivity index (χ0n) is 16.3. The third-order valence-corrected chi connectivity index (χ3v) is 6.17. The van der Waals surface area contributed by atoms with Crippen LogP contribution in [0.2, 0.25) is 0 Å². The predicted octanol–water partition coefficient (Wildman–Crippen LogP) is 2.00. The van der Waals surface area contributed by atoms with Crippen LogP contribution in [0.4, 0.5) is 24.9 Å². The molecule has 0 saturated carbocycles. The van der Waals surface area contributed by atoms with Crippen molar-refractivity contribution in [3.8, 4) is 0 Å². The summed E-state index contributed by atoms with van der Waals surface area (Å²) >= 11 is 0. The lowest BCUT2D eigenvalue weighted by Crippen LogP contribution is -2.53. The first-order valence-corrected chi connectivity index (χ1v) is 10.1. The number of alkyl halides is 3. The van der Waals surface area contributed by atoms with Crippen LogP contribution in [0.3, 0.4) is 0 Å². The molecule has 3 aliphatic heterocycles. The summed E-state index contributed by atoms with van der Waals surface area (Å²) in [5.74, 6) is 0.537. The molecule has 0 aliphatic carbocycles. The lowest BCUT2D eigenvalue weighted by Gasteiger charge is -2.39. The van der Waals surface area contributed by atoms with Gasteiger partial charge < -0.3 is 14.5 Å². The zero-order valence-corrected chi connectivity index (χ0v) is 16.3. The van der Waals surface area contributed by atoms with Crippen LogP contribution in [0.5, 0.6) is 0 Å². The molecule has 3 aliphatic rings. The lowest BCUT2D eigenvalue weighted by molar-refractivity contribution is -0.152. The number of nitrogens with zero attached hydrogens (tertiary/aromatic N) is 5. The Kier molecular flexibility index (Phi) is 4.68. The molecular formula is C20H22F3N5O2. The smallest absolute Gasteiger partial charge is 0.374 e. The van der Waals surface area contributed by atoms with Crippen LogP contribution >= 0.6 is 0 Å². The second kappa shape index (κ2) is 7.26. The van der Waals surface area contributed by atoms with Gasteiger partial charge in [-0.15, -0.1) is 0 Å². The van der Waals surface area contributed by atoms with Crippen LogP contribution in [0.15, 0.2) is 35.4 Å². The van der Waals surface area contributed by atoms with E-state index < -0.39 is 12.2 Å². The number of hydrogen-bond donors (Lipinski definition) is 0. The van der Waals surface area contributed by atoms with Gasteiger partial charge in [0, 0.05) is 38.1 Å². The number of pyridine rings is 1. The largest absolute Gasteiger partial charge is 0.408 e. The minimum absolute atomic E-state index is 0.00415. The SMILES string of the molecule is O=c1cc(N2C[C@@H]3C[C@H]2CO3)nc2n1CCC(C(F)(F)F)N2CCc1cccnc1. The number of anilines is 2. The molecule has 0 aromatic carbocycles. The Labute approximate surface area is 171 Å². The monoisotopic (exact) mass is 421 g/mol. The van der Waals surface area contributed by atoms with Crippen LogP contribution in [-0.4, -0.2) is 58.6 Å². The molecule has 30 heavy (non-hydrogen) atoms. The van der Waals surface area contributed by atoms with Crippen LogP contribution in [0.25, 0.3) is 0 Å². The average Bonchev–Trinajstić information content (AvgIpc) is 3.35. The third kappa shape index (κ3) is 3.42. The number of ether oxygens (including phenoxy) is 1. The summed E-state index contributed by atoms with van der Waals surface area (Å²) in [4.78, 5) is 24.6. The molecule has 0 amide bonds. The standard InChI is InChI=1S/C20H22F3N5O2/c21-20(22,23)16-4-7-27-18(29)9-17(28-11-15-8-14(28)12-30-15)25-19(27)26(16)6-3-13-2-1-5-24-10-13/h1-2,5,9-10,14-16H,3-4,6-8,11-12H2/t14-,15-,16?/m0/s1. The number of morpholine rings is 1. The summed E-state index contributed by atoms with van der Waals surface area (Å²) in [6, 6.07) is 3.48. The first-order chi connectivity index (χ1) is 14.4. The molecule has 0 radical (unpaired) electrons. The molecule has 5 heterocycles. The Hall–Kier alpha value is -2.62. The highest BCUT2D eigenvalue weighted by Gasteiger charge is 2.47. The number of aromatic nitrogens is 3. The Morgan fingerprint density at radius 1 is 1.30 bits per heavy atom. The predicted molar refractivity (Wildman–Crippen MR) is 104 cm³/mol. The van der Waals surface area contributed by atoms with Crippen molar-refractivity contribution in [2.24, 2.45) is 0 Å². The van der Waals surface area contributed by atoms with E-state index in [1.165, 1.54) is 15.5 Å². The molecule has 0 spiro atoms. The lowest BCUT2D eigenvalue weighted by atomic mass is 10.1. The Morgan fingerprint density at radius 3 is 2.83 bits per heavy atom. The van der Waals surface area contributed by atoms with E-state index in [2.05, 4.69) is 9.97 Å². The van der Waals surface area contributed by atoms with Gasteiger partial charge in [-0.05, 0) is 30.9 Å². The quantitative estimate of drug-likeness (QED) is 0.753. The van der Waals surface area contributed by atoms with Crippen molar-refractivity contribution in [3.63, 3.8) is 0 Å². The van der Waals surface area contributed by atoms with Crippen molar-refractivity contribution in [1.29, 1.82) is 0 Å². The van der Waals surface area contributed by atoms with E-state index in [9.17, 15) is 18.0 Å². The van der Waals surface area contributed by atoms with Crippen molar-refractivity contribution in [3.05, 3.63) is 46.5 Å². The molecule has 5 rings (SSSR count). The second-order valence-corrected chi connectivity index (χ2v) is 8.05. The molecule has 3 atom stereocenters. The highest BCUT2D eigenvalue weighted by Crippen LogP contribution is 2.36. The van der Waals surface area contributed by atoms with Gasteiger partial charge in [-0.1, -0.05) is 6.07 Å². The Bertz CT molecular complexity index is 981. The van der Waals surface area contributed by atoms with Crippen LogP contribution in [-0.2, 0) is 17.7 Å². The van der Waals surface area contributed by atoms with Crippen LogP contribution < -0.4 is 15.4 Å². The summed E-state index contributed by atoms with van der Waals surface area (Å²) < 4.78 is 48.5. The molecule has 7 nitrogen and oxygen atoms in total. The maximum absolute atomic E-state index is 13.8. The normalized spacial score (nSPS) is 25.6. The van der Waals surface area contributed by atoms with Crippen molar-refractivity contribution < 1.29 is 17.9 Å². The fourth-order valence-corrected chi connectivity index (χ4v) is 4.68. The molecule has 2 saturated heterocycles. The highest BCUT2D eigenvalue weighted by atomic mass is 19.4. The molecule has 2 fully saturated rings. The van der Waals surface area contributed by atoms with Gasteiger partial charge in [-0.2, -0.15) is 18.2 Å². The van der Waals surface area contributed by atoms with Gasteiger partial charge in [-0.3, -0.25) is 14.3 Å².